The average Bonchev–Trinajstić information content (AvgIpc) is 2.84. The first-order chi connectivity index (χ1) is 7.33. The van der Waals surface area contributed by atoms with E-state index in [0.717, 1.165) is 31.0 Å². The smallest absolute Gasteiger partial charge is 0.137 e. The Hall–Kier alpha value is -1.35. The molecule has 0 bridgehead atoms. The highest BCUT2D eigenvalue weighted by Gasteiger charge is 2.20. The Kier molecular flexibility index (Phi) is 1.99. The third kappa shape index (κ3) is 1.53. The number of hydrogen-bond donors (Lipinski definition) is 0. The number of nitrogens with zero attached hydrogens (tertiary/aromatic N) is 2. The Morgan fingerprint density at radius 2 is 2.47 bits per heavy atom. The SMILES string of the molecule is Cc1ccn2cc(C3CCOC3)nc2c1. The molecule has 78 valence electrons. The Morgan fingerprint density at radius 1 is 1.53 bits per heavy atom. The second kappa shape index (κ2) is 3.35. The Morgan fingerprint density at radius 3 is 3.27 bits per heavy atom. The van der Waals surface area contributed by atoms with E-state index in [1.54, 1.807) is 0 Å². The summed E-state index contributed by atoms with van der Waals surface area (Å²) in [6.45, 7) is 3.79. The third-order valence-corrected chi connectivity index (χ3v) is 2.98. The predicted molar refractivity (Wildman–Crippen MR) is 58.1 cm³/mol. The maximum absolute atomic E-state index is 5.38. The van der Waals surface area contributed by atoms with Crippen molar-refractivity contribution in [3.05, 3.63) is 35.8 Å². The zero-order valence-corrected chi connectivity index (χ0v) is 8.81. The van der Waals surface area contributed by atoms with Gasteiger partial charge in [0.05, 0.1) is 12.3 Å². The van der Waals surface area contributed by atoms with Crippen molar-refractivity contribution in [2.75, 3.05) is 13.2 Å². The molecule has 0 N–H and O–H groups in total. The lowest BCUT2D eigenvalue weighted by atomic mass is 10.1. The molecule has 0 aliphatic carbocycles. The van der Waals surface area contributed by atoms with Crippen LogP contribution < -0.4 is 0 Å². The van der Waals surface area contributed by atoms with Crippen LogP contribution >= 0.6 is 0 Å². The molecule has 2 aromatic heterocycles. The van der Waals surface area contributed by atoms with Crippen LogP contribution in [0.5, 0.6) is 0 Å². The molecule has 2 aromatic rings. The second-order valence-corrected chi connectivity index (χ2v) is 4.20. The molecule has 0 amide bonds. The summed E-state index contributed by atoms with van der Waals surface area (Å²) in [5, 5.41) is 0. The van der Waals surface area contributed by atoms with E-state index < -0.39 is 0 Å². The summed E-state index contributed by atoms with van der Waals surface area (Å²) in [6.07, 6.45) is 5.29. The fraction of sp³-hybridized carbons (Fsp3) is 0.417. The van der Waals surface area contributed by atoms with Crippen LogP contribution in [0.25, 0.3) is 5.65 Å². The van der Waals surface area contributed by atoms with E-state index in [4.69, 9.17) is 4.74 Å². The lowest BCUT2D eigenvalue weighted by Gasteiger charge is -2.00. The molecule has 3 heterocycles. The van der Waals surface area contributed by atoms with E-state index >= 15 is 0 Å². The molecule has 1 aliphatic rings. The zero-order chi connectivity index (χ0) is 10.3. The Bertz CT molecular complexity index is 483. The van der Waals surface area contributed by atoms with E-state index in [1.165, 1.54) is 5.56 Å². The van der Waals surface area contributed by atoms with Gasteiger partial charge in [0.15, 0.2) is 0 Å². The van der Waals surface area contributed by atoms with E-state index in [9.17, 15) is 0 Å². The molecule has 1 unspecified atom stereocenters. The lowest BCUT2D eigenvalue weighted by Crippen LogP contribution is -1.96. The minimum absolute atomic E-state index is 0.491. The molecular formula is C12H14N2O. The summed E-state index contributed by atoms with van der Waals surface area (Å²) in [6, 6.07) is 4.21. The van der Waals surface area contributed by atoms with Crippen molar-refractivity contribution in [2.24, 2.45) is 0 Å². The quantitative estimate of drug-likeness (QED) is 0.708. The highest BCUT2D eigenvalue weighted by molar-refractivity contribution is 5.43. The average molecular weight is 202 g/mol. The van der Waals surface area contributed by atoms with Crippen molar-refractivity contribution in [2.45, 2.75) is 19.3 Å². The van der Waals surface area contributed by atoms with Crippen molar-refractivity contribution in [3.63, 3.8) is 0 Å². The fourth-order valence-electron chi connectivity index (χ4n) is 2.07. The standard InChI is InChI=1S/C12H14N2O/c1-9-2-4-14-7-11(13-12(14)6-9)10-3-5-15-8-10/h2,4,6-7,10H,3,5,8H2,1H3. The van der Waals surface area contributed by atoms with E-state index in [2.05, 4.69) is 40.8 Å². The van der Waals surface area contributed by atoms with Gasteiger partial charge in [-0.1, -0.05) is 0 Å². The van der Waals surface area contributed by atoms with Gasteiger partial charge in [-0.3, -0.25) is 0 Å². The maximum Gasteiger partial charge on any atom is 0.137 e. The van der Waals surface area contributed by atoms with E-state index in [1.807, 2.05) is 0 Å². The first-order valence-electron chi connectivity index (χ1n) is 5.36. The number of aromatic nitrogens is 2. The molecule has 1 aliphatic heterocycles. The van der Waals surface area contributed by atoms with E-state index in [0.29, 0.717) is 5.92 Å². The van der Waals surface area contributed by atoms with Gasteiger partial charge >= 0.3 is 0 Å². The molecule has 0 aromatic carbocycles. The van der Waals surface area contributed by atoms with Gasteiger partial charge < -0.3 is 9.14 Å². The van der Waals surface area contributed by atoms with Crippen LogP contribution in [-0.4, -0.2) is 22.6 Å². The third-order valence-electron chi connectivity index (χ3n) is 2.98. The van der Waals surface area contributed by atoms with Crippen molar-refractivity contribution in [1.82, 2.24) is 9.38 Å². The van der Waals surface area contributed by atoms with Crippen LogP contribution in [0, 0.1) is 6.92 Å². The monoisotopic (exact) mass is 202 g/mol. The van der Waals surface area contributed by atoms with Crippen LogP contribution in [0.4, 0.5) is 0 Å². The molecule has 0 radical (unpaired) electrons. The van der Waals surface area contributed by atoms with Gasteiger partial charge in [-0.15, -0.1) is 0 Å². The zero-order valence-electron chi connectivity index (χ0n) is 8.81. The molecule has 3 rings (SSSR count). The minimum atomic E-state index is 0.491. The molecule has 1 saturated heterocycles. The molecule has 0 spiro atoms. The van der Waals surface area contributed by atoms with Crippen LogP contribution in [-0.2, 0) is 4.74 Å². The Labute approximate surface area is 88.7 Å². The fourth-order valence-corrected chi connectivity index (χ4v) is 2.07. The van der Waals surface area contributed by atoms with Crippen LogP contribution in [0.2, 0.25) is 0 Å². The van der Waals surface area contributed by atoms with Gasteiger partial charge in [-0.05, 0) is 31.0 Å². The predicted octanol–water partition coefficient (Wildman–Crippen LogP) is 2.15. The largest absolute Gasteiger partial charge is 0.381 e. The summed E-state index contributed by atoms with van der Waals surface area (Å²) >= 11 is 0. The molecule has 1 fully saturated rings. The molecule has 15 heavy (non-hydrogen) atoms. The first-order valence-corrected chi connectivity index (χ1v) is 5.36. The number of fused-ring (bicyclic) bond motifs is 1. The number of imidazole rings is 1. The second-order valence-electron chi connectivity index (χ2n) is 4.20. The van der Waals surface area contributed by atoms with Crippen molar-refractivity contribution >= 4 is 5.65 Å². The number of ether oxygens (including phenoxy) is 1. The number of hydrogen-bond acceptors (Lipinski definition) is 2. The van der Waals surface area contributed by atoms with E-state index in [-0.39, 0.29) is 0 Å². The number of rotatable bonds is 1. The summed E-state index contributed by atoms with van der Waals surface area (Å²) in [5.74, 6) is 0.491. The minimum Gasteiger partial charge on any atom is -0.381 e. The normalized spacial score (nSPS) is 21.3. The van der Waals surface area contributed by atoms with Gasteiger partial charge in [-0.2, -0.15) is 0 Å². The van der Waals surface area contributed by atoms with Gasteiger partial charge in [0.25, 0.3) is 0 Å². The summed E-state index contributed by atoms with van der Waals surface area (Å²) in [4.78, 5) is 4.64. The summed E-state index contributed by atoms with van der Waals surface area (Å²) in [5.41, 5.74) is 3.46. The molecule has 3 nitrogen and oxygen atoms in total. The molecule has 3 heteroatoms. The molecule has 0 saturated carbocycles. The number of pyridine rings is 1. The van der Waals surface area contributed by atoms with Crippen molar-refractivity contribution in [1.29, 1.82) is 0 Å². The number of aryl methyl sites for hydroxylation is 1. The molecule has 1 atom stereocenters. The first kappa shape index (κ1) is 8.92. The van der Waals surface area contributed by atoms with Gasteiger partial charge in [0.1, 0.15) is 5.65 Å². The molecular weight excluding hydrogens is 188 g/mol. The van der Waals surface area contributed by atoms with Crippen LogP contribution in [0.15, 0.2) is 24.5 Å². The van der Waals surface area contributed by atoms with Crippen LogP contribution in [0.1, 0.15) is 23.6 Å². The summed E-state index contributed by atoms with van der Waals surface area (Å²) in [7, 11) is 0. The van der Waals surface area contributed by atoms with Gasteiger partial charge in [0.2, 0.25) is 0 Å². The highest BCUT2D eigenvalue weighted by atomic mass is 16.5. The van der Waals surface area contributed by atoms with Gasteiger partial charge in [0, 0.05) is 24.9 Å². The van der Waals surface area contributed by atoms with Crippen LogP contribution in [0.3, 0.4) is 0 Å². The summed E-state index contributed by atoms with van der Waals surface area (Å²) < 4.78 is 7.47. The van der Waals surface area contributed by atoms with Crippen molar-refractivity contribution < 1.29 is 4.74 Å². The van der Waals surface area contributed by atoms with Gasteiger partial charge in [-0.25, -0.2) is 4.98 Å². The highest BCUT2D eigenvalue weighted by Crippen LogP contribution is 2.24. The topological polar surface area (TPSA) is 26.5 Å². The Balaban J connectivity index is 2.05. The lowest BCUT2D eigenvalue weighted by molar-refractivity contribution is 0.193. The van der Waals surface area contributed by atoms with Crippen molar-refractivity contribution in [3.8, 4) is 0 Å². The maximum atomic E-state index is 5.38.